The van der Waals surface area contributed by atoms with Crippen LogP contribution in [0.2, 0.25) is 0 Å². The van der Waals surface area contributed by atoms with Gasteiger partial charge >= 0.3 is 6.16 Å². The number of pyridine rings is 1. The first kappa shape index (κ1) is 25.1. The molecule has 4 rings (SSSR count). The normalized spacial score (nSPS) is 12.3. The third-order valence-corrected chi connectivity index (χ3v) is 6.03. The van der Waals surface area contributed by atoms with Crippen LogP contribution in [0, 0.1) is 0 Å². The predicted molar refractivity (Wildman–Crippen MR) is 129 cm³/mol. The molecule has 0 saturated heterocycles. The Labute approximate surface area is 201 Å². The van der Waals surface area contributed by atoms with Gasteiger partial charge in [-0.05, 0) is 43.0 Å². The summed E-state index contributed by atoms with van der Waals surface area (Å²) in [4.78, 5) is 39.5. The number of halogens is 1. The summed E-state index contributed by atoms with van der Waals surface area (Å²) in [5.74, 6) is -1.05. The number of ether oxygens (including phenoxy) is 1. The zero-order valence-electron chi connectivity index (χ0n) is 19.1. The van der Waals surface area contributed by atoms with Gasteiger partial charge in [0.2, 0.25) is 11.7 Å². The molecule has 10 nitrogen and oxygen atoms in total. The molecule has 3 aromatic rings. The lowest BCUT2D eigenvalue weighted by molar-refractivity contribution is -0.127. The van der Waals surface area contributed by atoms with E-state index in [-0.39, 0.29) is 24.9 Å². The zero-order chi connectivity index (χ0) is 23.9. The summed E-state index contributed by atoms with van der Waals surface area (Å²) in [6, 6.07) is 6.06. The second kappa shape index (κ2) is 9.78. The number of carboxylic acid groups (broad SMARTS) is 1. The summed E-state index contributed by atoms with van der Waals surface area (Å²) in [5.41, 5.74) is 3.96. The summed E-state index contributed by atoms with van der Waals surface area (Å²) in [7, 11) is 5.39. The van der Waals surface area contributed by atoms with Crippen LogP contribution in [0.1, 0.15) is 23.2 Å². The van der Waals surface area contributed by atoms with E-state index in [0.29, 0.717) is 30.6 Å². The number of aromatic hydroxyl groups is 1. The van der Waals surface area contributed by atoms with E-state index in [1.165, 1.54) is 4.90 Å². The topological polar surface area (TPSA) is 137 Å². The van der Waals surface area contributed by atoms with Crippen LogP contribution in [-0.2, 0) is 31.2 Å². The van der Waals surface area contributed by atoms with Crippen LogP contribution in [-0.4, -0.2) is 57.4 Å². The average molecular weight is 491 g/mol. The minimum absolute atomic E-state index is 0. The molecule has 0 saturated carbocycles. The largest absolute Gasteiger partial charge is 0.511 e. The third-order valence-electron chi connectivity index (χ3n) is 6.03. The summed E-state index contributed by atoms with van der Waals surface area (Å²) >= 11 is 0. The number of aromatic amines is 1. The van der Waals surface area contributed by atoms with Crippen molar-refractivity contribution in [2.45, 2.75) is 25.8 Å². The highest BCUT2D eigenvalue weighted by Gasteiger charge is 2.25. The highest BCUT2D eigenvalue weighted by Crippen LogP contribution is 2.40. The molecule has 4 N–H and O–H groups in total. The second-order valence-corrected chi connectivity index (χ2v) is 8.36. The standard InChI is InChI=1S/C23H26N4O6.ClH/c1-26(2)18(28)11-24-10-14-7-13-8-16-12(9-17(13)27(14)3)5-4-6-15-19(16)25-22(30)21(20(15)29)33-23(31)32;/h7-9,24H,4-6,10-11H2,1-3H3,(H,31,32)(H2,25,29,30);1H. The van der Waals surface area contributed by atoms with E-state index < -0.39 is 23.2 Å². The molecule has 0 atom stereocenters. The molecule has 1 aliphatic rings. The molecule has 0 unspecified atom stereocenters. The maximum absolute atomic E-state index is 12.5. The number of carbonyl (C=O) groups is 2. The first-order valence-electron chi connectivity index (χ1n) is 10.6. The number of aromatic nitrogens is 2. The fourth-order valence-electron chi connectivity index (χ4n) is 4.27. The minimum Gasteiger partial charge on any atom is -0.504 e. The van der Waals surface area contributed by atoms with Crippen LogP contribution < -0.4 is 15.6 Å². The number of H-pyrrole nitrogens is 1. The highest BCUT2D eigenvalue weighted by molar-refractivity contribution is 5.89. The van der Waals surface area contributed by atoms with Crippen LogP contribution in [0.25, 0.3) is 22.2 Å². The summed E-state index contributed by atoms with van der Waals surface area (Å²) in [6.07, 6.45) is 0.244. The number of benzene rings is 1. The Hall–Kier alpha value is -3.50. The molecular weight excluding hydrogens is 464 g/mol. The van der Waals surface area contributed by atoms with Gasteiger partial charge in [0, 0.05) is 55.4 Å². The molecule has 0 bridgehead atoms. The van der Waals surface area contributed by atoms with Crippen molar-refractivity contribution < 1.29 is 24.5 Å². The molecule has 2 heterocycles. The van der Waals surface area contributed by atoms with Crippen molar-refractivity contribution in [3.05, 3.63) is 45.4 Å². The van der Waals surface area contributed by atoms with E-state index >= 15 is 0 Å². The number of aryl methyl sites for hydroxylation is 2. The van der Waals surface area contributed by atoms with E-state index in [0.717, 1.165) is 34.1 Å². The molecule has 1 aromatic carbocycles. The van der Waals surface area contributed by atoms with Gasteiger partial charge in [-0.2, -0.15) is 0 Å². The first-order chi connectivity index (χ1) is 15.7. The van der Waals surface area contributed by atoms with Crippen molar-refractivity contribution in [2.24, 2.45) is 7.05 Å². The van der Waals surface area contributed by atoms with Gasteiger partial charge in [0.05, 0.1) is 12.2 Å². The molecule has 0 fully saturated rings. The fraction of sp³-hybridized carbons (Fsp3) is 0.348. The van der Waals surface area contributed by atoms with Crippen LogP contribution in [0.5, 0.6) is 11.5 Å². The lowest BCUT2D eigenvalue weighted by atomic mass is 9.99. The van der Waals surface area contributed by atoms with Gasteiger partial charge in [-0.25, -0.2) is 4.79 Å². The van der Waals surface area contributed by atoms with Crippen LogP contribution in [0.3, 0.4) is 0 Å². The molecule has 0 radical (unpaired) electrons. The van der Waals surface area contributed by atoms with E-state index in [2.05, 4.69) is 25.7 Å². The van der Waals surface area contributed by atoms with Crippen molar-refractivity contribution in [3.8, 4) is 22.8 Å². The molecule has 1 aliphatic carbocycles. The summed E-state index contributed by atoms with van der Waals surface area (Å²) in [6.45, 7) is 0.749. The Morgan fingerprint density at radius 1 is 1.24 bits per heavy atom. The average Bonchev–Trinajstić information content (AvgIpc) is 2.94. The number of nitrogens with one attached hydrogen (secondary N) is 2. The Balaban J connectivity index is 0.00000324. The Kier molecular flexibility index (Phi) is 7.23. The third kappa shape index (κ3) is 4.59. The molecule has 11 heteroatoms. The first-order valence-corrected chi connectivity index (χ1v) is 10.6. The van der Waals surface area contributed by atoms with Crippen molar-refractivity contribution in [1.82, 2.24) is 19.8 Å². The predicted octanol–water partition coefficient (Wildman–Crippen LogP) is 2.38. The van der Waals surface area contributed by atoms with E-state index in [9.17, 15) is 19.5 Å². The molecule has 2 aromatic heterocycles. The number of amides is 1. The van der Waals surface area contributed by atoms with Crippen LogP contribution in [0.15, 0.2) is 23.0 Å². The molecular formula is C23H27ClN4O6. The fourth-order valence-corrected chi connectivity index (χ4v) is 4.27. The molecule has 34 heavy (non-hydrogen) atoms. The minimum atomic E-state index is -1.66. The lowest BCUT2D eigenvalue weighted by Crippen LogP contribution is -2.32. The molecule has 0 spiro atoms. The van der Waals surface area contributed by atoms with Crippen LogP contribution >= 0.6 is 12.4 Å². The van der Waals surface area contributed by atoms with Crippen molar-refractivity contribution in [1.29, 1.82) is 0 Å². The molecule has 0 aliphatic heterocycles. The number of rotatable bonds is 5. The number of fused-ring (bicyclic) bond motifs is 4. The van der Waals surface area contributed by atoms with Crippen LogP contribution in [0.4, 0.5) is 4.79 Å². The van der Waals surface area contributed by atoms with Crippen molar-refractivity contribution in [3.63, 3.8) is 0 Å². The maximum Gasteiger partial charge on any atom is 0.511 e. The number of likely N-dealkylation sites (N-methyl/N-ethyl adjacent to an activating group) is 1. The summed E-state index contributed by atoms with van der Waals surface area (Å²) < 4.78 is 6.58. The lowest BCUT2D eigenvalue weighted by Gasteiger charge is -2.13. The number of nitrogens with zero attached hydrogens (tertiary/aromatic N) is 2. The Morgan fingerprint density at radius 2 is 1.97 bits per heavy atom. The maximum atomic E-state index is 12.5. The zero-order valence-corrected chi connectivity index (χ0v) is 19.9. The van der Waals surface area contributed by atoms with E-state index in [4.69, 9.17) is 5.11 Å². The number of carbonyl (C=O) groups excluding carboxylic acids is 1. The van der Waals surface area contributed by atoms with Gasteiger partial charge in [-0.3, -0.25) is 9.59 Å². The highest BCUT2D eigenvalue weighted by atomic mass is 35.5. The van der Waals surface area contributed by atoms with Gasteiger partial charge in [0.15, 0.2) is 5.75 Å². The Morgan fingerprint density at radius 3 is 2.65 bits per heavy atom. The molecule has 182 valence electrons. The molecule has 1 amide bonds. The van der Waals surface area contributed by atoms with Gasteiger partial charge in [-0.15, -0.1) is 12.4 Å². The van der Waals surface area contributed by atoms with Crippen molar-refractivity contribution >= 4 is 35.4 Å². The number of hydrogen-bond donors (Lipinski definition) is 4. The van der Waals surface area contributed by atoms with Gasteiger partial charge < -0.3 is 34.7 Å². The van der Waals surface area contributed by atoms with Gasteiger partial charge in [0.25, 0.3) is 5.56 Å². The SMILES string of the molecule is CN(C)C(=O)CNCc1cc2cc3c(cc2n1C)CCCc1c-3[nH]c(=O)c(OC(=O)O)c1O.Cl. The number of hydrogen-bond acceptors (Lipinski definition) is 6. The monoisotopic (exact) mass is 490 g/mol. The second-order valence-electron chi connectivity index (χ2n) is 8.36. The van der Waals surface area contributed by atoms with E-state index in [1.807, 2.05) is 19.2 Å². The quantitative estimate of drug-likeness (QED) is 0.403. The van der Waals surface area contributed by atoms with Gasteiger partial charge in [-0.1, -0.05) is 0 Å². The Bertz CT molecular complexity index is 1330. The van der Waals surface area contributed by atoms with Crippen molar-refractivity contribution in [2.75, 3.05) is 20.6 Å². The van der Waals surface area contributed by atoms with E-state index in [1.54, 1.807) is 14.1 Å². The summed E-state index contributed by atoms with van der Waals surface area (Å²) in [5, 5.41) is 23.6. The van der Waals surface area contributed by atoms with Gasteiger partial charge in [0.1, 0.15) is 0 Å². The smallest absolute Gasteiger partial charge is 0.504 e.